The number of fused-ring (bicyclic) bond motifs is 1. The fraction of sp³-hybridized carbons (Fsp3) is 0.625. The van der Waals surface area contributed by atoms with Gasteiger partial charge in [-0.05, 0) is 67.7 Å². The molecular weight excluding hydrogens is 224 g/mol. The van der Waals surface area contributed by atoms with Crippen molar-refractivity contribution in [2.75, 3.05) is 6.61 Å². The van der Waals surface area contributed by atoms with E-state index in [-0.39, 0.29) is 6.10 Å². The molecule has 0 bridgehead atoms. The van der Waals surface area contributed by atoms with E-state index >= 15 is 0 Å². The summed E-state index contributed by atoms with van der Waals surface area (Å²) >= 11 is 0. The van der Waals surface area contributed by atoms with Crippen LogP contribution in [-0.2, 0) is 12.8 Å². The molecule has 0 spiro atoms. The highest BCUT2D eigenvalue weighted by Crippen LogP contribution is 2.29. The molecule has 1 saturated carbocycles. The van der Waals surface area contributed by atoms with Crippen LogP contribution >= 0.6 is 0 Å². The molecule has 2 atom stereocenters. The molecule has 1 aromatic carbocycles. The minimum Gasteiger partial charge on any atom is -0.494 e. The van der Waals surface area contributed by atoms with E-state index in [0.29, 0.717) is 5.92 Å². The van der Waals surface area contributed by atoms with Crippen LogP contribution in [0.3, 0.4) is 0 Å². The van der Waals surface area contributed by atoms with Crippen molar-refractivity contribution in [3.63, 3.8) is 0 Å². The van der Waals surface area contributed by atoms with Crippen molar-refractivity contribution in [3.05, 3.63) is 29.3 Å². The summed E-state index contributed by atoms with van der Waals surface area (Å²) in [5, 5.41) is 9.76. The predicted octanol–water partition coefficient (Wildman–Crippen LogP) is 3.11. The first kappa shape index (κ1) is 12.0. The van der Waals surface area contributed by atoms with E-state index in [1.54, 1.807) is 0 Å². The van der Waals surface area contributed by atoms with E-state index in [1.807, 2.05) is 0 Å². The van der Waals surface area contributed by atoms with Crippen molar-refractivity contribution in [3.8, 4) is 5.75 Å². The first-order chi connectivity index (χ1) is 8.83. The number of benzene rings is 1. The van der Waals surface area contributed by atoms with Crippen LogP contribution in [0, 0.1) is 5.92 Å². The highest BCUT2D eigenvalue weighted by Gasteiger charge is 2.24. The molecule has 2 nitrogen and oxygen atoms in total. The Kier molecular flexibility index (Phi) is 3.55. The van der Waals surface area contributed by atoms with Crippen LogP contribution < -0.4 is 4.74 Å². The maximum atomic E-state index is 9.76. The molecule has 0 amide bonds. The van der Waals surface area contributed by atoms with Crippen molar-refractivity contribution in [1.29, 1.82) is 0 Å². The zero-order chi connectivity index (χ0) is 12.4. The van der Waals surface area contributed by atoms with E-state index in [4.69, 9.17) is 4.74 Å². The number of hydrogen-bond acceptors (Lipinski definition) is 2. The third kappa shape index (κ3) is 2.54. The fourth-order valence-corrected chi connectivity index (χ4v) is 3.32. The van der Waals surface area contributed by atoms with Gasteiger partial charge in [-0.25, -0.2) is 0 Å². The van der Waals surface area contributed by atoms with E-state index in [2.05, 4.69) is 18.2 Å². The average molecular weight is 246 g/mol. The Bertz CT molecular complexity index is 414. The highest BCUT2D eigenvalue weighted by atomic mass is 16.5. The number of hydrogen-bond donors (Lipinski definition) is 1. The van der Waals surface area contributed by atoms with Crippen molar-refractivity contribution < 1.29 is 9.84 Å². The van der Waals surface area contributed by atoms with Gasteiger partial charge in [0.2, 0.25) is 0 Å². The number of aliphatic hydroxyl groups is 1. The first-order valence-electron chi connectivity index (χ1n) is 7.25. The number of aliphatic hydroxyl groups excluding tert-OH is 1. The molecule has 1 N–H and O–H groups in total. The smallest absolute Gasteiger partial charge is 0.119 e. The monoisotopic (exact) mass is 246 g/mol. The maximum absolute atomic E-state index is 9.76. The third-order valence-electron chi connectivity index (χ3n) is 4.45. The van der Waals surface area contributed by atoms with Gasteiger partial charge in [-0.15, -0.1) is 0 Å². The number of aryl methyl sites for hydroxylation is 2. The second-order valence-corrected chi connectivity index (χ2v) is 5.68. The summed E-state index contributed by atoms with van der Waals surface area (Å²) in [7, 11) is 0. The summed E-state index contributed by atoms with van der Waals surface area (Å²) < 4.78 is 5.83. The third-order valence-corrected chi connectivity index (χ3v) is 4.45. The van der Waals surface area contributed by atoms with Gasteiger partial charge < -0.3 is 9.84 Å². The lowest BCUT2D eigenvalue weighted by atomic mass is 10.0. The Morgan fingerprint density at radius 1 is 1.11 bits per heavy atom. The molecule has 0 aromatic heterocycles. The normalized spacial score (nSPS) is 26.3. The van der Waals surface area contributed by atoms with Crippen molar-refractivity contribution in [2.24, 2.45) is 5.92 Å². The Morgan fingerprint density at radius 2 is 2.00 bits per heavy atom. The van der Waals surface area contributed by atoms with Crippen LogP contribution in [0.5, 0.6) is 5.75 Å². The SMILES string of the molecule is OC1CCCC1CCOc1ccc2c(c1)CCC2. The summed E-state index contributed by atoms with van der Waals surface area (Å²) in [4.78, 5) is 0. The van der Waals surface area contributed by atoms with E-state index < -0.39 is 0 Å². The minimum atomic E-state index is -0.0892. The Morgan fingerprint density at radius 3 is 2.83 bits per heavy atom. The largest absolute Gasteiger partial charge is 0.494 e. The van der Waals surface area contributed by atoms with E-state index in [0.717, 1.165) is 31.6 Å². The molecule has 1 aromatic rings. The maximum Gasteiger partial charge on any atom is 0.119 e. The zero-order valence-corrected chi connectivity index (χ0v) is 10.9. The van der Waals surface area contributed by atoms with Crippen LogP contribution in [0.15, 0.2) is 18.2 Å². The second-order valence-electron chi connectivity index (χ2n) is 5.68. The zero-order valence-electron chi connectivity index (χ0n) is 10.9. The molecule has 2 aliphatic carbocycles. The Hall–Kier alpha value is -1.02. The lowest BCUT2D eigenvalue weighted by molar-refractivity contribution is 0.117. The quantitative estimate of drug-likeness (QED) is 0.884. The van der Waals surface area contributed by atoms with Gasteiger partial charge in [-0.2, -0.15) is 0 Å². The van der Waals surface area contributed by atoms with Gasteiger partial charge in [0.1, 0.15) is 5.75 Å². The second kappa shape index (κ2) is 5.31. The summed E-state index contributed by atoms with van der Waals surface area (Å²) in [6.45, 7) is 0.737. The molecule has 3 rings (SSSR count). The molecule has 18 heavy (non-hydrogen) atoms. The Balaban J connectivity index is 1.51. The standard InChI is InChI=1S/C16H22O2/c17-16-6-2-4-13(16)9-10-18-15-8-7-12-3-1-5-14(12)11-15/h7-8,11,13,16-17H,1-6,9-10H2. The van der Waals surface area contributed by atoms with Gasteiger partial charge in [0.15, 0.2) is 0 Å². The molecule has 0 heterocycles. The van der Waals surface area contributed by atoms with Gasteiger partial charge in [-0.3, -0.25) is 0 Å². The van der Waals surface area contributed by atoms with E-state index in [9.17, 15) is 5.11 Å². The van der Waals surface area contributed by atoms with Crippen LogP contribution in [-0.4, -0.2) is 17.8 Å². The molecular formula is C16H22O2. The van der Waals surface area contributed by atoms with Gasteiger partial charge in [0.25, 0.3) is 0 Å². The van der Waals surface area contributed by atoms with Crippen molar-refractivity contribution in [2.45, 2.75) is 51.0 Å². The minimum absolute atomic E-state index is 0.0892. The topological polar surface area (TPSA) is 29.5 Å². The van der Waals surface area contributed by atoms with Crippen molar-refractivity contribution in [1.82, 2.24) is 0 Å². The van der Waals surface area contributed by atoms with Gasteiger partial charge >= 0.3 is 0 Å². The molecule has 0 aliphatic heterocycles. The lowest BCUT2D eigenvalue weighted by Crippen LogP contribution is -2.16. The predicted molar refractivity (Wildman–Crippen MR) is 71.9 cm³/mol. The van der Waals surface area contributed by atoms with E-state index in [1.165, 1.54) is 36.8 Å². The first-order valence-corrected chi connectivity index (χ1v) is 7.25. The fourth-order valence-electron chi connectivity index (χ4n) is 3.32. The van der Waals surface area contributed by atoms with Gasteiger partial charge in [0, 0.05) is 0 Å². The molecule has 98 valence electrons. The van der Waals surface area contributed by atoms with Crippen molar-refractivity contribution >= 4 is 0 Å². The molecule has 1 fully saturated rings. The number of ether oxygens (including phenoxy) is 1. The van der Waals surface area contributed by atoms with Gasteiger partial charge in [0.05, 0.1) is 12.7 Å². The molecule has 2 heteroatoms. The summed E-state index contributed by atoms with van der Waals surface area (Å²) in [6, 6.07) is 6.50. The van der Waals surface area contributed by atoms with Crippen LogP contribution in [0.2, 0.25) is 0 Å². The summed E-state index contributed by atoms with van der Waals surface area (Å²) in [5.41, 5.74) is 2.96. The van der Waals surface area contributed by atoms with Crippen LogP contribution in [0.1, 0.15) is 43.2 Å². The summed E-state index contributed by atoms with van der Waals surface area (Å²) in [6.07, 6.45) is 7.92. The highest BCUT2D eigenvalue weighted by molar-refractivity contribution is 5.38. The molecule has 0 saturated heterocycles. The Labute approximate surface area is 109 Å². The lowest BCUT2D eigenvalue weighted by Gasteiger charge is -2.15. The van der Waals surface area contributed by atoms with Crippen LogP contribution in [0.4, 0.5) is 0 Å². The molecule has 2 unspecified atom stereocenters. The number of rotatable bonds is 4. The summed E-state index contributed by atoms with van der Waals surface area (Å²) in [5.74, 6) is 1.46. The van der Waals surface area contributed by atoms with Crippen LogP contribution in [0.25, 0.3) is 0 Å². The van der Waals surface area contributed by atoms with Gasteiger partial charge in [-0.1, -0.05) is 12.5 Å². The molecule has 2 aliphatic rings. The average Bonchev–Trinajstić information content (AvgIpc) is 2.98. The molecule has 0 radical (unpaired) electrons.